The smallest absolute Gasteiger partial charge is 0.245 e. The molecule has 2 fully saturated rings. The van der Waals surface area contributed by atoms with Crippen LogP contribution in [0.25, 0.3) is 0 Å². The first-order valence-corrected chi connectivity index (χ1v) is 27.1. The van der Waals surface area contributed by atoms with Gasteiger partial charge in [-0.05, 0) is 103 Å². The summed E-state index contributed by atoms with van der Waals surface area (Å²) in [5.74, 6) is -8.88. The third kappa shape index (κ3) is 23.5. The van der Waals surface area contributed by atoms with Crippen molar-refractivity contribution in [3.8, 4) is 0 Å². The molecule has 2 heterocycles. The van der Waals surface area contributed by atoms with Crippen molar-refractivity contribution in [1.29, 1.82) is 0 Å². The second kappa shape index (κ2) is 35.3. The van der Waals surface area contributed by atoms with E-state index in [0.717, 1.165) is 0 Å². The van der Waals surface area contributed by atoms with Crippen LogP contribution in [0.1, 0.15) is 84.6 Å². The number of aliphatic hydroxyl groups excluding tert-OH is 2. The van der Waals surface area contributed by atoms with Crippen LogP contribution >= 0.6 is 0 Å². The molecule has 0 saturated carbocycles. The minimum atomic E-state index is -1.66. The van der Waals surface area contributed by atoms with Gasteiger partial charge >= 0.3 is 0 Å². The molecule has 20 N–H and O–H groups in total. The highest BCUT2D eigenvalue weighted by atomic mass is 16.5. The minimum absolute atomic E-state index is 0.0306. The molecule has 2 saturated heterocycles. The van der Waals surface area contributed by atoms with Gasteiger partial charge < -0.3 is 91.1 Å². The summed E-state index contributed by atoms with van der Waals surface area (Å²) in [5, 5.41) is 47.0. The van der Waals surface area contributed by atoms with Crippen LogP contribution in [-0.2, 0) is 59.1 Å². The average molecular weight is 1120 g/mol. The quantitative estimate of drug-likeness (QED) is 0.0484. The van der Waals surface area contributed by atoms with Gasteiger partial charge in [-0.1, -0.05) is 44.2 Å². The second-order valence-electron chi connectivity index (χ2n) is 20.2. The van der Waals surface area contributed by atoms with E-state index in [9.17, 15) is 58.2 Å². The molecule has 0 aliphatic carbocycles. The van der Waals surface area contributed by atoms with Gasteiger partial charge in [0.05, 0.1) is 25.4 Å². The molecule has 28 nitrogen and oxygen atoms in total. The van der Waals surface area contributed by atoms with Crippen LogP contribution in [0.3, 0.4) is 0 Å². The van der Waals surface area contributed by atoms with Crippen LogP contribution in [-0.4, -0.2) is 206 Å². The van der Waals surface area contributed by atoms with Gasteiger partial charge in [0.2, 0.25) is 59.1 Å². The van der Waals surface area contributed by atoms with Gasteiger partial charge in [0.1, 0.15) is 54.4 Å². The van der Waals surface area contributed by atoms with Gasteiger partial charge in [0.25, 0.3) is 0 Å². The average Bonchev–Trinajstić information content (AvgIpc) is 3.40. The van der Waals surface area contributed by atoms with Crippen molar-refractivity contribution in [2.24, 2.45) is 28.9 Å². The Balaban J connectivity index is 2.05. The van der Waals surface area contributed by atoms with Crippen LogP contribution in [0.5, 0.6) is 0 Å². The summed E-state index contributed by atoms with van der Waals surface area (Å²) in [6, 6.07) is -4.53. The number of benzene rings is 1. The summed E-state index contributed by atoms with van der Waals surface area (Å²) < 4.78 is 5.36. The number of nitrogens with zero attached hydrogens (tertiary/aromatic N) is 1. The highest BCUT2D eigenvalue weighted by molar-refractivity contribution is 5.99. The number of hydrogen-bond donors (Lipinski definition) is 16. The Labute approximate surface area is 461 Å². The lowest BCUT2D eigenvalue weighted by atomic mass is 10.00. The van der Waals surface area contributed by atoms with Crippen molar-refractivity contribution in [3.05, 3.63) is 35.9 Å². The van der Waals surface area contributed by atoms with Crippen LogP contribution in [0.2, 0.25) is 0 Å². The maximum atomic E-state index is 14.4. The molecule has 0 aromatic heterocycles. The fourth-order valence-corrected chi connectivity index (χ4v) is 8.72. The van der Waals surface area contributed by atoms with Gasteiger partial charge in [0.15, 0.2) is 0 Å². The Morgan fingerprint density at radius 2 is 1.18 bits per heavy atom. The normalized spacial score (nSPS) is 24.4. The third-order valence-electron chi connectivity index (χ3n) is 13.1. The second-order valence-corrected chi connectivity index (χ2v) is 20.2. The number of morpholine rings is 1. The zero-order valence-electron chi connectivity index (χ0n) is 45.9. The molecular formula is C51H87N15O13. The van der Waals surface area contributed by atoms with E-state index in [4.69, 9.17) is 27.7 Å². The lowest BCUT2D eigenvalue weighted by molar-refractivity contribution is -0.136. The molecule has 1 aromatic rings. The van der Waals surface area contributed by atoms with Crippen molar-refractivity contribution in [3.63, 3.8) is 0 Å². The number of nitrogens with one attached hydrogen (secondary N) is 10. The predicted molar refractivity (Wildman–Crippen MR) is 289 cm³/mol. The lowest BCUT2D eigenvalue weighted by Crippen LogP contribution is -2.61. The Morgan fingerprint density at radius 1 is 0.658 bits per heavy atom. The summed E-state index contributed by atoms with van der Waals surface area (Å²) in [4.78, 5) is 142. The summed E-state index contributed by atoms with van der Waals surface area (Å²) in [7, 11) is 0. The SMILES string of the molecule is CC(C)C[C@@H]1NC(=O)[C@@H](Cc2ccccc2)NC(=O)[C@H](CCN)NC(=O)[C@@H](NC(=O)[C@H](CCN)NC(=O)[C@@H](NC(=O)CCCN2CCOCC2)C(C)O)CCNC(=O)C(C(C)O)NC(=O)[C@H](CCN)NC(=O)[C@H](CCN)NC1=O. The first kappa shape index (κ1) is 66.9. The van der Waals surface area contributed by atoms with Crippen molar-refractivity contribution >= 4 is 59.1 Å². The first-order valence-electron chi connectivity index (χ1n) is 27.1. The van der Waals surface area contributed by atoms with Crippen LogP contribution in [0.15, 0.2) is 30.3 Å². The fraction of sp³-hybridized carbons (Fsp3) is 0.686. The van der Waals surface area contributed by atoms with Gasteiger partial charge in [-0.3, -0.25) is 52.8 Å². The van der Waals surface area contributed by atoms with E-state index in [1.54, 1.807) is 44.2 Å². The molecule has 2 aliphatic rings. The van der Waals surface area contributed by atoms with E-state index in [0.29, 0.717) is 44.8 Å². The maximum Gasteiger partial charge on any atom is 0.245 e. The van der Waals surface area contributed by atoms with Crippen molar-refractivity contribution in [2.75, 3.05) is 65.6 Å². The van der Waals surface area contributed by atoms with Crippen LogP contribution < -0.4 is 76.1 Å². The highest BCUT2D eigenvalue weighted by Gasteiger charge is 2.37. The topological polar surface area (TPSA) is 448 Å². The summed E-state index contributed by atoms with van der Waals surface area (Å²) >= 11 is 0. The number of rotatable bonds is 23. The third-order valence-corrected chi connectivity index (χ3v) is 13.1. The molecule has 0 bridgehead atoms. The Morgan fingerprint density at radius 3 is 1.71 bits per heavy atom. The number of ether oxygens (including phenoxy) is 1. The molecule has 0 radical (unpaired) electrons. The van der Waals surface area contributed by atoms with E-state index >= 15 is 0 Å². The van der Waals surface area contributed by atoms with Gasteiger partial charge in [-0.25, -0.2) is 0 Å². The fourth-order valence-electron chi connectivity index (χ4n) is 8.72. The summed E-state index contributed by atoms with van der Waals surface area (Å²) in [6.07, 6.45) is -3.63. The molecule has 10 amide bonds. The molecule has 3 rings (SSSR count). The molecule has 11 atom stereocenters. The Bertz CT molecular complexity index is 2150. The van der Waals surface area contributed by atoms with Crippen LogP contribution in [0.4, 0.5) is 0 Å². The van der Waals surface area contributed by atoms with Gasteiger partial charge in [0, 0.05) is 32.5 Å². The van der Waals surface area contributed by atoms with Crippen LogP contribution in [0, 0.1) is 5.92 Å². The molecule has 0 spiro atoms. The molecule has 3 unspecified atom stereocenters. The molecule has 1 aromatic carbocycles. The minimum Gasteiger partial charge on any atom is -0.391 e. The standard InChI is InChI=1S/C51H87N15O13/c1-29(2)27-38-48(75)59-33(12-17-52)43(70)58-36(15-20-55)47(74)65-41(30(3)67)50(77)56-21-16-37(46(73)57-34(13-18-53)45(72)63-39(49(76)62-38)28-32-9-6-5-7-10-32)60-44(71)35(14-19-54)61-51(78)42(31(4)68)64-40(69)11-8-22-66-23-25-79-26-24-66/h5-7,9-10,29-31,33-39,41-42,67-68H,8,11-28,52-55H2,1-4H3,(H,56,77)(H,57,73)(H,58,70)(H,59,75)(H,60,71)(H,61,78)(H,62,76)(H,63,72)(H,64,69)(H,65,74)/t30?,31?,33-,34-,35-,36-,37-,38-,39+,41?,42-/m0/s1. The number of amides is 10. The zero-order chi connectivity index (χ0) is 58.6. The largest absolute Gasteiger partial charge is 0.391 e. The Kier molecular flexibility index (Phi) is 29.9. The van der Waals surface area contributed by atoms with E-state index in [1.807, 2.05) is 0 Å². The van der Waals surface area contributed by atoms with Crippen molar-refractivity contribution < 1.29 is 62.9 Å². The highest BCUT2D eigenvalue weighted by Crippen LogP contribution is 2.11. The van der Waals surface area contributed by atoms with E-state index < -0.39 is 139 Å². The predicted octanol–water partition coefficient (Wildman–Crippen LogP) is -6.57. The molecule has 79 heavy (non-hydrogen) atoms. The molecular weight excluding hydrogens is 1030 g/mol. The number of nitrogens with two attached hydrogens (primary N) is 4. The Hall–Kier alpha value is -6.40. The number of hydrogen-bond acceptors (Lipinski definition) is 18. The number of carbonyl (C=O) groups is 10. The van der Waals surface area contributed by atoms with E-state index in [-0.39, 0.29) is 77.0 Å². The monoisotopic (exact) mass is 1120 g/mol. The molecule has 2 aliphatic heterocycles. The maximum absolute atomic E-state index is 14.4. The molecule has 444 valence electrons. The zero-order valence-corrected chi connectivity index (χ0v) is 45.9. The first-order chi connectivity index (χ1) is 37.6. The van der Waals surface area contributed by atoms with E-state index in [1.165, 1.54) is 13.8 Å². The summed E-state index contributed by atoms with van der Waals surface area (Å²) in [5.41, 5.74) is 24.1. The lowest BCUT2D eigenvalue weighted by Gasteiger charge is -2.28. The van der Waals surface area contributed by atoms with Crippen molar-refractivity contribution in [1.82, 2.24) is 58.1 Å². The van der Waals surface area contributed by atoms with Crippen molar-refractivity contribution in [2.45, 2.75) is 152 Å². The van der Waals surface area contributed by atoms with E-state index in [2.05, 4.69) is 58.1 Å². The summed E-state index contributed by atoms with van der Waals surface area (Å²) in [6.45, 7) is 8.25. The number of carbonyl (C=O) groups excluding carboxylic acids is 10. The number of aliphatic hydroxyl groups is 2. The molecule has 28 heteroatoms. The van der Waals surface area contributed by atoms with Gasteiger partial charge in [-0.15, -0.1) is 0 Å². The van der Waals surface area contributed by atoms with Gasteiger partial charge in [-0.2, -0.15) is 0 Å².